The summed E-state index contributed by atoms with van der Waals surface area (Å²) in [6, 6.07) is 6.33. The lowest BCUT2D eigenvalue weighted by atomic mass is 10.1. The Kier molecular flexibility index (Phi) is 7.14. The first kappa shape index (κ1) is 18.4. The quantitative estimate of drug-likeness (QED) is 0.595. The molecule has 0 spiro atoms. The average molecular weight is 350 g/mol. The highest BCUT2D eigenvalue weighted by Gasteiger charge is 2.11. The minimum Gasteiger partial charge on any atom is -0.375 e. The predicted molar refractivity (Wildman–Crippen MR) is 95.8 cm³/mol. The maximum atomic E-state index is 13.0. The second kappa shape index (κ2) is 9.34. The third kappa shape index (κ3) is 5.58. The Bertz CT molecular complexity index is 657. The van der Waals surface area contributed by atoms with E-state index in [-0.39, 0.29) is 11.9 Å². The topological polar surface area (TPSA) is 58.5 Å². The van der Waals surface area contributed by atoms with E-state index in [1.165, 1.54) is 17.0 Å². The van der Waals surface area contributed by atoms with Gasteiger partial charge < -0.3 is 15.4 Å². The summed E-state index contributed by atoms with van der Waals surface area (Å²) < 4.78 is 18.5. The van der Waals surface area contributed by atoms with E-state index in [9.17, 15) is 4.39 Å². The number of hydrogen-bond donors (Lipinski definition) is 2. The van der Waals surface area contributed by atoms with E-state index in [1.54, 1.807) is 30.6 Å². The molecular weight excluding hydrogens is 327 g/mol. The SMILES string of the molecule is CCNC(=NCc1ncc(C)s1)NCC(OC)c1ccc(F)cc1. The van der Waals surface area contributed by atoms with Crippen molar-refractivity contribution in [2.75, 3.05) is 20.2 Å². The summed E-state index contributed by atoms with van der Waals surface area (Å²) in [5.74, 6) is 0.449. The number of hydrogen-bond acceptors (Lipinski definition) is 4. The first-order chi connectivity index (χ1) is 11.6. The highest BCUT2D eigenvalue weighted by molar-refractivity contribution is 7.11. The molecular formula is C17H23FN4OS. The van der Waals surface area contributed by atoms with Crippen LogP contribution >= 0.6 is 11.3 Å². The normalized spacial score (nSPS) is 12.9. The molecule has 0 saturated heterocycles. The molecule has 1 atom stereocenters. The predicted octanol–water partition coefficient (Wildman–Crippen LogP) is 3.03. The number of aliphatic imine (C=N–C) groups is 1. The Morgan fingerprint density at radius 1 is 1.33 bits per heavy atom. The summed E-state index contributed by atoms with van der Waals surface area (Å²) in [5, 5.41) is 7.44. The van der Waals surface area contributed by atoms with Gasteiger partial charge in [0.15, 0.2) is 5.96 Å². The number of aromatic nitrogens is 1. The lowest BCUT2D eigenvalue weighted by Gasteiger charge is -2.18. The highest BCUT2D eigenvalue weighted by Crippen LogP contribution is 2.16. The van der Waals surface area contributed by atoms with Gasteiger partial charge in [-0.15, -0.1) is 11.3 Å². The van der Waals surface area contributed by atoms with Crippen molar-refractivity contribution >= 4 is 17.3 Å². The van der Waals surface area contributed by atoms with Gasteiger partial charge in [-0.1, -0.05) is 12.1 Å². The number of thiazole rings is 1. The number of methoxy groups -OCH3 is 1. The highest BCUT2D eigenvalue weighted by atomic mass is 32.1. The summed E-state index contributed by atoms with van der Waals surface area (Å²) >= 11 is 1.64. The number of benzene rings is 1. The molecule has 0 saturated carbocycles. The lowest BCUT2D eigenvalue weighted by molar-refractivity contribution is 0.106. The van der Waals surface area contributed by atoms with Gasteiger partial charge in [-0.3, -0.25) is 0 Å². The molecule has 2 N–H and O–H groups in total. The van der Waals surface area contributed by atoms with Crippen LogP contribution in [0, 0.1) is 12.7 Å². The van der Waals surface area contributed by atoms with Gasteiger partial charge in [-0.2, -0.15) is 0 Å². The Morgan fingerprint density at radius 2 is 2.08 bits per heavy atom. The van der Waals surface area contributed by atoms with Crippen molar-refractivity contribution in [3.8, 4) is 0 Å². The molecule has 0 fully saturated rings. The van der Waals surface area contributed by atoms with Crippen molar-refractivity contribution in [3.63, 3.8) is 0 Å². The van der Waals surface area contributed by atoms with Crippen LogP contribution in [0.25, 0.3) is 0 Å². The van der Waals surface area contributed by atoms with Crippen molar-refractivity contribution in [3.05, 3.63) is 51.7 Å². The molecule has 1 aromatic heterocycles. The van der Waals surface area contributed by atoms with Crippen LogP contribution in [-0.2, 0) is 11.3 Å². The average Bonchev–Trinajstić information content (AvgIpc) is 3.00. The standard InChI is InChI=1S/C17H23FN4OS/c1-4-19-17(22-11-16-20-9-12(2)24-16)21-10-15(23-3)13-5-7-14(18)8-6-13/h5-9,15H,4,10-11H2,1-3H3,(H2,19,21,22). The smallest absolute Gasteiger partial charge is 0.191 e. The maximum Gasteiger partial charge on any atom is 0.191 e. The van der Waals surface area contributed by atoms with Crippen LogP contribution in [0.15, 0.2) is 35.5 Å². The fourth-order valence-electron chi connectivity index (χ4n) is 2.17. The van der Waals surface area contributed by atoms with Crippen LogP contribution in [0.1, 0.15) is 28.5 Å². The molecule has 7 heteroatoms. The number of halogens is 1. The van der Waals surface area contributed by atoms with Gasteiger partial charge in [0.2, 0.25) is 0 Å². The van der Waals surface area contributed by atoms with Gasteiger partial charge >= 0.3 is 0 Å². The van der Waals surface area contributed by atoms with Gasteiger partial charge in [0.25, 0.3) is 0 Å². The zero-order valence-corrected chi connectivity index (χ0v) is 15.0. The summed E-state index contributed by atoms with van der Waals surface area (Å²) in [7, 11) is 1.64. The third-order valence-corrected chi connectivity index (χ3v) is 4.26. The Morgan fingerprint density at radius 3 is 2.67 bits per heavy atom. The van der Waals surface area contributed by atoms with Crippen molar-refractivity contribution < 1.29 is 9.13 Å². The zero-order valence-electron chi connectivity index (χ0n) is 14.2. The summed E-state index contributed by atoms with van der Waals surface area (Å²) in [6.45, 7) is 5.86. The van der Waals surface area contributed by atoms with Crippen molar-refractivity contribution in [2.24, 2.45) is 4.99 Å². The van der Waals surface area contributed by atoms with Gasteiger partial charge in [-0.05, 0) is 31.5 Å². The van der Waals surface area contributed by atoms with Gasteiger partial charge in [0, 0.05) is 31.3 Å². The summed E-state index contributed by atoms with van der Waals surface area (Å²) in [4.78, 5) is 10.0. The largest absolute Gasteiger partial charge is 0.375 e. The minimum atomic E-state index is -0.254. The number of rotatable bonds is 7. The fraction of sp³-hybridized carbons (Fsp3) is 0.412. The van der Waals surface area contributed by atoms with Crippen molar-refractivity contribution in [1.82, 2.24) is 15.6 Å². The Balaban J connectivity index is 1.97. The van der Waals surface area contributed by atoms with Gasteiger partial charge in [0.1, 0.15) is 10.8 Å². The van der Waals surface area contributed by atoms with E-state index >= 15 is 0 Å². The lowest BCUT2D eigenvalue weighted by Crippen LogP contribution is -2.39. The second-order valence-corrected chi connectivity index (χ2v) is 6.54. The number of nitrogens with one attached hydrogen (secondary N) is 2. The molecule has 0 bridgehead atoms. The monoisotopic (exact) mass is 350 g/mol. The number of aryl methyl sites for hydroxylation is 1. The molecule has 5 nitrogen and oxygen atoms in total. The molecule has 1 aromatic carbocycles. The molecule has 24 heavy (non-hydrogen) atoms. The first-order valence-corrected chi connectivity index (χ1v) is 8.65. The minimum absolute atomic E-state index is 0.184. The first-order valence-electron chi connectivity index (χ1n) is 7.84. The third-order valence-electron chi connectivity index (χ3n) is 3.37. The summed E-state index contributed by atoms with van der Waals surface area (Å²) in [6.07, 6.45) is 1.67. The van der Waals surface area contributed by atoms with Gasteiger partial charge in [0.05, 0.1) is 12.6 Å². The molecule has 130 valence electrons. The maximum absolute atomic E-state index is 13.0. The zero-order chi connectivity index (χ0) is 17.4. The molecule has 0 radical (unpaired) electrons. The number of ether oxygens (including phenoxy) is 1. The van der Waals surface area contributed by atoms with Crippen LogP contribution in [0.3, 0.4) is 0 Å². The van der Waals surface area contributed by atoms with E-state index in [0.29, 0.717) is 19.0 Å². The molecule has 0 aliphatic heterocycles. The van der Waals surface area contributed by atoms with Crippen LogP contribution in [-0.4, -0.2) is 31.1 Å². The number of nitrogens with zero attached hydrogens (tertiary/aromatic N) is 2. The van der Waals surface area contributed by atoms with E-state index in [1.807, 2.05) is 20.0 Å². The van der Waals surface area contributed by atoms with Crippen LogP contribution in [0.5, 0.6) is 0 Å². The van der Waals surface area contributed by atoms with E-state index in [0.717, 1.165) is 17.1 Å². The fourth-order valence-corrected chi connectivity index (χ4v) is 2.88. The van der Waals surface area contributed by atoms with E-state index in [4.69, 9.17) is 4.74 Å². The molecule has 2 aromatic rings. The van der Waals surface area contributed by atoms with Crippen molar-refractivity contribution in [1.29, 1.82) is 0 Å². The molecule has 1 heterocycles. The Labute approximate surface area is 146 Å². The van der Waals surface area contributed by atoms with E-state index in [2.05, 4.69) is 20.6 Å². The molecule has 2 rings (SSSR count). The summed E-state index contributed by atoms with van der Waals surface area (Å²) in [5.41, 5.74) is 0.915. The van der Waals surface area contributed by atoms with Crippen LogP contribution in [0.4, 0.5) is 4.39 Å². The van der Waals surface area contributed by atoms with Gasteiger partial charge in [-0.25, -0.2) is 14.4 Å². The van der Waals surface area contributed by atoms with Crippen LogP contribution in [0.2, 0.25) is 0 Å². The second-order valence-electron chi connectivity index (χ2n) is 5.22. The van der Waals surface area contributed by atoms with E-state index < -0.39 is 0 Å². The molecule has 0 amide bonds. The van der Waals surface area contributed by atoms with Crippen molar-refractivity contribution in [2.45, 2.75) is 26.5 Å². The number of guanidine groups is 1. The molecule has 1 unspecified atom stereocenters. The Hall–Kier alpha value is -1.99. The molecule has 0 aliphatic rings. The molecule has 0 aliphatic carbocycles. The van der Waals surface area contributed by atoms with Crippen LogP contribution < -0.4 is 10.6 Å².